The minimum absolute atomic E-state index is 0. The summed E-state index contributed by atoms with van der Waals surface area (Å²) in [5.41, 5.74) is 0.0623. The third-order valence-corrected chi connectivity index (χ3v) is 2.25. The van der Waals surface area contributed by atoms with Crippen LogP contribution in [0.15, 0.2) is 43.0 Å². The Bertz CT molecular complexity index is 471. The number of halogens is 3. The first kappa shape index (κ1) is 15.0. The summed E-state index contributed by atoms with van der Waals surface area (Å²) in [4.78, 5) is 3.83. The average molecular weight is 264 g/mol. The number of nitrogens with zero attached hydrogens (tertiary/aromatic N) is 2. The van der Waals surface area contributed by atoms with Gasteiger partial charge < -0.3 is 17.5 Å². The van der Waals surface area contributed by atoms with E-state index in [0.29, 0.717) is 12.1 Å². The Labute approximate surface area is 140 Å². The topological polar surface area (TPSA) is 17.8 Å². The molecule has 0 aliphatic heterocycles. The SMILES string of the molecule is F[B-](F)(F)c1cccc(Cn2ccnc2)c1.[K+]. The summed E-state index contributed by atoms with van der Waals surface area (Å²) in [5.74, 6) is 0. The van der Waals surface area contributed by atoms with E-state index in [4.69, 9.17) is 0 Å². The Kier molecular flexibility index (Phi) is 5.46. The zero-order chi connectivity index (χ0) is 11.6. The fourth-order valence-corrected chi connectivity index (χ4v) is 1.49. The Morgan fingerprint density at radius 2 is 2.00 bits per heavy atom. The van der Waals surface area contributed by atoms with Crippen molar-refractivity contribution in [3.05, 3.63) is 48.5 Å². The van der Waals surface area contributed by atoms with Crippen molar-refractivity contribution in [2.75, 3.05) is 0 Å². The quantitative estimate of drug-likeness (QED) is 0.650. The number of benzene rings is 1. The van der Waals surface area contributed by atoms with Crippen LogP contribution in [0, 0.1) is 0 Å². The van der Waals surface area contributed by atoms with Crippen molar-refractivity contribution in [3.63, 3.8) is 0 Å². The fraction of sp³-hybridized carbons (Fsp3) is 0.100. The van der Waals surface area contributed by atoms with Gasteiger partial charge >= 0.3 is 58.4 Å². The van der Waals surface area contributed by atoms with E-state index in [9.17, 15) is 12.9 Å². The molecule has 0 aliphatic rings. The molecule has 0 radical (unpaired) electrons. The van der Waals surface area contributed by atoms with Gasteiger partial charge in [0.15, 0.2) is 0 Å². The number of hydrogen-bond donors (Lipinski definition) is 0. The van der Waals surface area contributed by atoms with Crippen LogP contribution in [0.25, 0.3) is 0 Å². The van der Waals surface area contributed by atoms with Crippen molar-refractivity contribution in [1.82, 2.24) is 9.55 Å². The predicted molar refractivity (Wildman–Crippen MR) is 56.5 cm³/mol. The van der Waals surface area contributed by atoms with Crippen molar-refractivity contribution in [3.8, 4) is 0 Å². The molecule has 17 heavy (non-hydrogen) atoms. The maximum atomic E-state index is 12.5. The molecule has 2 aromatic rings. The fourth-order valence-electron chi connectivity index (χ4n) is 1.49. The molecular weight excluding hydrogens is 255 g/mol. The Morgan fingerprint density at radius 1 is 1.24 bits per heavy atom. The molecular formula is C10H9BF3KN2. The largest absolute Gasteiger partial charge is 1.00 e. The molecule has 1 aromatic heterocycles. The van der Waals surface area contributed by atoms with Crippen LogP contribution in [-0.4, -0.2) is 16.5 Å². The van der Waals surface area contributed by atoms with Crippen LogP contribution in [0.5, 0.6) is 0 Å². The van der Waals surface area contributed by atoms with Crippen LogP contribution < -0.4 is 56.8 Å². The maximum Gasteiger partial charge on any atom is 1.00 e. The van der Waals surface area contributed by atoms with E-state index in [0.717, 1.165) is 6.07 Å². The first-order valence-electron chi connectivity index (χ1n) is 4.80. The molecule has 2 rings (SSSR count). The number of rotatable bonds is 3. The zero-order valence-corrected chi connectivity index (χ0v) is 12.5. The molecule has 0 fully saturated rings. The van der Waals surface area contributed by atoms with Gasteiger partial charge in [-0.2, -0.15) is 0 Å². The van der Waals surface area contributed by atoms with Crippen molar-refractivity contribution < 1.29 is 64.3 Å². The molecule has 84 valence electrons. The van der Waals surface area contributed by atoms with Crippen molar-refractivity contribution in [2.24, 2.45) is 0 Å². The third kappa shape index (κ3) is 4.26. The van der Waals surface area contributed by atoms with Crippen molar-refractivity contribution in [2.45, 2.75) is 6.54 Å². The minimum atomic E-state index is -4.92. The smallest absolute Gasteiger partial charge is 0.445 e. The van der Waals surface area contributed by atoms with E-state index in [1.807, 2.05) is 0 Å². The van der Waals surface area contributed by atoms with E-state index >= 15 is 0 Å². The monoisotopic (exact) mass is 264 g/mol. The van der Waals surface area contributed by atoms with E-state index in [1.165, 1.54) is 12.1 Å². The number of imidazole rings is 1. The van der Waals surface area contributed by atoms with Crippen LogP contribution in [0.2, 0.25) is 0 Å². The Morgan fingerprint density at radius 3 is 2.59 bits per heavy atom. The van der Waals surface area contributed by atoms with Crippen LogP contribution in [0.3, 0.4) is 0 Å². The zero-order valence-electron chi connectivity index (χ0n) is 9.35. The van der Waals surface area contributed by atoms with Gasteiger partial charge in [-0.05, 0) is 5.56 Å². The summed E-state index contributed by atoms with van der Waals surface area (Å²) in [6, 6.07) is 5.37. The molecule has 2 nitrogen and oxygen atoms in total. The van der Waals surface area contributed by atoms with Gasteiger partial charge in [0, 0.05) is 18.9 Å². The van der Waals surface area contributed by atoms with Gasteiger partial charge in [0.2, 0.25) is 0 Å². The molecule has 1 aromatic carbocycles. The first-order valence-corrected chi connectivity index (χ1v) is 4.80. The summed E-state index contributed by atoms with van der Waals surface area (Å²) in [6.07, 6.45) is 4.88. The van der Waals surface area contributed by atoms with E-state index in [-0.39, 0.29) is 51.4 Å². The molecule has 0 unspecified atom stereocenters. The van der Waals surface area contributed by atoms with Gasteiger partial charge in [0.1, 0.15) is 0 Å². The van der Waals surface area contributed by atoms with Gasteiger partial charge in [-0.15, -0.1) is 5.46 Å². The summed E-state index contributed by atoms with van der Waals surface area (Å²) in [7, 11) is 0. The summed E-state index contributed by atoms with van der Waals surface area (Å²) >= 11 is 0. The average Bonchev–Trinajstić information content (AvgIpc) is 2.70. The first-order chi connectivity index (χ1) is 7.55. The predicted octanol–water partition coefficient (Wildman–Crippen LogP) is -1.01. The molecule has 0 aliphatic carbocycles. The van der Waals surface area contributed by atoms with E-state index < -0.39 is 12.4 Å². The van der Waals surface area contributed by atoms with Gasteiger partial charge in [0.25, 0.3) is 0 Å². The molecule has 0 amide bonds. The van der Waals surface area contributed by atoms with Crippen LogP contribution in [0.1, 0.15) is 5.56 Å². The van der Waals surface area contributed by atoms with Gasteiger partial charge in [-0.1, -0.05) is 24.3 Å². The van der Waals surface area contributed by atoms with Crippen LogP contribution in [-0.2, 0) is 6.54 Å². The number of aromatic nitrogens is 2. The maximum absolute atomic E-state index is 12.5. The van der Waals surface area contributed by atoms with Crippen molar-refractivity contribution in [1.29, 1.82) is 0 Å². The third-order valence-electron chi connectivity index (χ3n) is 2.25. The normalized spacial score (nSPS) is 11.0. The molecule has 0 saturated carbocycles. The van der Waals surface area contributed by atoms with Crippen molar-refractivity contribution >= 4 is 12.4 Å². The Hall–Kier alpha value is -0.0787. The second-order valence-corrected chi connectivity index (χ2v) is 3.55. The van der Waals surface area contributed by atoms with E-state index in [2.05, 4.69) is 4.98 Å². The second-order valence-electron chi connectivity index (χ2n) is 3.55. The minimum Gasteiger partial charge on any atom is -0.445 e. The van der Waals surface area contributed by atoms with Gasteiger partial charge in [-0.25, -0.2) is 4.98 Å². The van der Waals surface area contributed by atoms with Crippen LogP contribution in [0.4, 0.5) is 12.9 Å². The molecule has 1 heterocycles. The summed E-state index contributed by atoms with van der Waals surface area (Å²) in [5, 5.41) is 0. The van der Waals surface area contributed by atoms with E-state index in [1.54, 1.807) is 29.4 Å². The number of hydrogen-bond acceptors (Lipinski definition) is 1. The molecule has 0 saturated heterocycles. The second kappa shape index (κ2) is 6.19. The van der Waals surface area contributed by atoms with Gasteiger partial charge in [-0.3, -0.25) is 0 Å². The van der Waals surface area contributed by atoms with Crippen LogP contribution >= 0.6 is 0 Å². The summed E-state index contributed by atoms with van der Waals surface area (Å²) in [6.45, 7) is -4.52. The molecule has 0 atom stereocenters. The van der Waals surface area contributed by atoms with Gasteiger partial charge in [0.05, 0.1) is 6.33 Å². The molecule has 7 heteroatoms. The molecule has 0 spiro atoms. The molecule has 0 N–H and O–H groups in total. The standard InChI is InChI=1S/C10H9BF3N2.K/c12-11(13,14)10-3-1-2-9(6-10)7-16-5-4-15-8-16;/h1-6,8H,7H2;/q-1;+1. The summed E-state index contributed by atoms with van der Waals surface area (Å²) < 4.78 is 39.2. The molecule has 0 bridgehead atoms. The Balaban J connectivity index is 0.00000144.